The number of nitrogens with one attached hydrogen (secondary N) is 3. The average molecular weight is 858 g/mol. The molecule has 14 nitrogen and oxygen atoms in total. The van der Waals surface area contributed by atoms with Gasteiger partial charge in [0.1, 0.15) is 40.8 Å². The van der Waals surface area contributed by atoms with Crippen LogP contribution in [-0.4, -0.2) is 89.8 Å². The number of likely N-dealkylation sites (tertiary alicyclic amines) is 1. The Morgan fingerprint density at radius 1 is 0.984 bits per heavy atom. The number of sulfonamides is 1. The largest absolute Gasteiger partial charge is 0.497 e. The predicted molar refractivity (Wildman–Crippen MR) is 230 cm³/mol. The van der Waals surface area contributed by atoms with E-state index in [0.29, 0.717) is 42.2 Å². The van der Waals surface area contributed by atoms with Gasteiger partial charge in [-0.15, -0.1) is 6.58 Å². The first-order valence-corrected chi connectivity index (χ1v) is 22.7. The topological polar surface area (TPSA) is 182 Å². The highest BCUT2D eigenvalue weighted by molar-refractivity contribution is 7.91. The van der Waals surface area contributed by atoms with E-state index >= 15 is 0 Å². The van der Waals surface area contributed by atoms with E-state index in [1.54, 1.807) is 54.7 Å². The fourth-order valence-corrected chi connectivity index (χ4v) is 10.1. The lowest BCUT2D eigenvalue weighted by atomic mass is 9.66. The van der Waals surface area contributed by atoms with Crippen molar-refractivity contribution in [3.63, 3.8) is 0 Å². The highest BCUT2D eigenvalue weighted by atomic mass is 32.2. The van der Waals surface area contributed by atoms with Crippen LogP contribution in [0.15, 0.2) is 67.3 Å². The SMILES string of the molecule is C=C[C@@H]1CC[C@]1(NC(=O)[C@@H]1C[C@@H](Oc2cc(C3CC3)nc3cc(OC)ccc23)CN1C(=O)[C@@H](NC(=O)OC(C)(C)C)C(C)(C)C)C(=O)NS(=O)(=O)C1(Cc2ccccc2)CC1. The molecule has 4 fully saturated rings. The normalized spacial score (nSPS) is 23.9. The number of hydrogen-bond acceptors (Lipinski definition) is 10. The van der Waals surface area contributed by atoms with Crippen molar-refractivity contribution in [1.29, 1.82) is 0 Å². The van der Waals surface area contributed by atoms with E-state index in [4.69, 9.17) is 19.2 Å². The number of carbonyl (C=O) groups is 4. The van der Waals surface area contributed by atoms with Crippen molar-refractivity contribution in [3.8, 4) is 11.5 Å². The molecule has 328 valence electrons. The molecule has 7 rings (SSSR count). The number of ether oxygens (including phenoxy) is 3. The van der Waals surface area contributed by atoms with Gasteiger partial charge < -0.3 is 29.7 Å². The van der Waals surface area contributed by atoms with E-state index in [1.807, 2.05) is 54.6 Å². The van der Waals surface area contributed by atoms with Crippen molar-refractivity contribution >= 4 is 44.7 Å². The van der Waals surface area contributed by atoms with Gasteiger partial charge in [-0.3, -0.25) is 24.1 Å². The van der Waals surface area contributed by atoms with Gasteiger partial charge in [0.25, 0.3) is 5.91 Å². The van der Waals surface area contributed by atoms with Gasteiger partial charge in [0.2, 0.25) is 21.8 Å². The van der Waals surface area contributed by atoms with E-state index in [1.165, 1.54) is 4.90 Å². The zero-order valence-corrected chi connectivity index (χ0v) is 37.0. The molecule has 1 saturated heterocycles. The number of amides is 4. The molecule has 2 heterocycles. The monoisotopic (exact) mass is 857 g/mol. The van der Waals surface area contributed by atoms with E-state index < -0.39 is 79.2 Å². The molecule has 0 bridgehead atoms. The van der Waals surface area contributed by atoms with Crippen molar-refractivity contribution in [3.05, 3.63) is 78.5 Å². The fourth-order valence-electron chi connectivity index (χ4n) is 8.49. The molecule has 5 atom stereocenters. The Morgan fingerprint density at radius 3 is 2.26 bits per heavy atom. The summed E-state index contributed by atoms with van der Waals surface area (Å²) < 4.78 is 46.9. The van der Waals surface area contributed by atoms with E-state index in [2.05, 4.69) is 21.9 Å². The third kappa shape index (κ3) is 9.22. The fraction of sp³-hybridized carbons (Fsp3) is 0.543. The third-order valence-electron chi connectivity index (χ3n) is 12.4. The minimum atomic E-state index is -4.17. The second-order valence-electron chi connectivity index (χ2n) is 19.3. The van der Waals surface area contributed by atoms with E-state index in [-0.39, 0.29) is 25.8 Å². The van der Waals surface area contributed by atoms with Crippen LogP contribution in [0.5, 0.6) is 11.5 Å². The van der Waals surface area contributed by atoms with Crippen LogP contribution >= 0.6 is 0 Å². The molecule has 2 aromatic carbocycles. The number of methoxy groups -OCH3 is 1. The summed E-state index contributed by atoms with van der Waals surface area (Å²) >= 11 is 0. The van der Waals surface area contributed by atoms with Gasteiger partial charge in [0.15, 0.2) is 0 Å². The molecule has 3 aromatic rings. The van der Waals surface area contributed by atoms with Crippen LogP contribution in [0.4, 0.5) is 4.79 Å². The number of alkyl carbamates (subject to hydrolysis) is 1. The minimum Gasteiger partial charge on any atom is -0.497 e. The lowest BCUT2D eigenvalue weighted by Gasteiger charge is -2.47. The number of hydrogen-bond donors (Lipinski definition) is 3. The molecule has 1 aliphatic heterocycles. The van der Waals surface area contributed by atoms with Crippen LogP contribution < -0.4 is 24.8 Å². The van der Waals surface area contributed by atoms with Crippen molar-refractivity contribution < 1.29 is 41.8 Å². The molecule has 15 heteroatoms. The summed E-state index contributed by atoms with van der Waals surface area (Å²) in [6, 6.07) is 14.4. The maximum absolute atomic E-state index is 14.8. The number of rotatable bonds is 14. The van der Waals surface area contributed by atoms with Crippen LogP contribution in [0.25, 0.3) is 10.9 Å². The Morgan fingerprint density at radius 2 is 1.69 bits per heavy atom. The van der Waals surface area contributed by atoms with Crippen LogP contribution in [0.2, 0.25) is 0 Å². The van der Waals surface area contributed by atoms with Crippen LogP contribution in [0, 0.1) is 11.3 Å². The predicted octanol–water partition coefficient (Wildman–Crippen LogP) is 6.08. The van der Waals surface area contributed by atoms with Gasteiger partial charge in [-0.05, 0) is 88.8 Å². The number of nitrogens with zero attached hydrogens (tertiary/aromatic N) is 2. The molecule has 0 radical (unpaired) electrons. The van der Waals surface area contributed by atoms with Gasteiger partial charge in [-0.2, -0.15) is 0 Å². The quantitative estimate of drug-likeness (QED) is 0.161. The molecule has 3 saturated carbocycles. The van der Waals surface area contributed by atoms with Gasteiger partial charge >= 0.3 is 6.09 Å². The molecule has 61 heavy (non-hydrogen) atoms. The Labute approximate surface area is 358 Å². The van der Waals surface area contributed by atoms with E-state index in [0.717, 1.165) is 29.5 Å². The Kier molecular flexibility index (Phi) is 11.7. The lowest BCUT2D eigenvalue weighted by Crippen LogP contribution is -2.70. The lowest BCUT2D eigenvalue weighted by molar-refractivity contribution is -0.145. The molecule has 3 N–H and O–H groups in total. The van der Waals surface area contributed by atoms with Gasteiger partial charge in [-0.1, -0.05) is 57.2 Å². The molecule has 1 aromatic heterocycles. The Bertz CT molecular complexity index is 2310. The summed E-state index contributed by atoms with van der Waals surface area (Å²) in [6.45, 7) is 14.5. The van der Waals surface area contributed by atoms with Crippen molar-refractivity contribution in [2.45, 2.75) is 133 Å². The first-order valence-electron chi connectivity index (χ1n) is 21.2. The average Bonchev–Trinajstić information content (AvgIpc) is 4.12. The highest BCUT2D eigenvalue weighted by Gasteiger charge is 2.60. The molecular weight excluding hydrogens is 799 g/mol. The van der Waals surface area contributed by atoms with Crippen LogP contribution in [-0.2, 0) is 35.6 Å². The second-order valence-corrected chi connectivity index (χ2v) is 21.3. The molecule has 4 amide bonds. The Balaban J connectivity index is 1.19. The van der Waals surface area contributed by atoms with Crippen molar-refractivity contribution in [1.82, 2.24) is 25.2 Å². The summed E-state index contributed by atoms with van der Waals surface area (Å²) in [7, 11) is -2.59. The molecule has 0 spiro atoms. The maximum Gasteiger partial charge on any atom is 0.408 e. The molecule has 3 aliphatic carbocycles. The van der Waals surface area contributed by atoms with E-state index in [9.17, 15) is 27.6 Å². The summed E-state index contributed by atoms with van der Waals surface area (Å²) in [6.07, 6.45) is 3.79. The third-order valence-corrected chi connectivity index (χ3v) is 14.5. The second kappa shape index (κ2) is 16.3. The summed E-state index contributed by atoms with van der Waals surface area (Å²) in [5, 5.41) is 6.43. The van der Waals surface area contributed by atoms with Crippen molar-refractivity contribution in [2.24, 2.45) is 11.3 Å². The van der Waals surface area contributed by atoms with Gasteiger partial charge in [0, 0.05) is 41.5 Å². The van der Waals surface area contributed by atoms with Crippen molar-refractivity contribution in [2.75, 3.05) is 13.7 Å². The standard InChI is InChI=1S/C46H59N5O9S/c1-9-30-19-20-46(30,41(54)50-61(56,57)45(21-22-45)26-28-13-11-10-12-14-28)49-39(52)36-24-32(27-51(36)40(53)38(43(2,3)4)48-42(55)60-44(5,6)7)59-37-25-34(29-15-16-29)47-35-23-31(58-8)17-18-33(35)37/h9-14,17-18,23,25,29-30,32,36,38H,1,15-16,19-22,24,26-27H2,2-8H3,(H,48,55)(H,49,52)(H,50,54)/t30-,32-,36+,38-,46-/m1/s1. The molecule has 0 unspecified atom stereocenters. The van der Waals surface area contributed by atoms with Gasteiger partial charge in [0.05, 0.1) is 23.9 Å². The zero-order chi connectivity index (χ0) is 44.1. The minimum absolute atomic E-state index is 0.0291. The first-order chi connectivity index (χ1) is 28.7. The summed E-state index contributed by atoms with van der Waals surface area (Å²) in [4.78, 5) is 63.4. The van der Waals surface area contributed by atoms with Gasteiger partial charge in [-0.25, -0.2) is 13.2 Å². The summed E-state index contributed by atoms with van der Waals surface area (Å²) in [5.41, 5.74) is -0.897. The number of carbonyl (C=O) groups excluding carboxylic acids is 4. The number of aromatic nitrogens is 1. The maximum atomic E-state index is 14.8. The highest BCUT2D eigenvalue weighted by Crippen LogP contribution is 2.47. The zero-order valence-electron chi connectivity index (χ0n) is 36.2. The number of benzene rings is 2. The summed E-state index contributed by atoms with van der Waals surface area (Å²) in [5.74, 6) is -1.14. The van der Waals surface area contributed by atoms with Crippen LogP contribution in [0.1, 0.15) is 104 Å². The number of pyridine rings is 1. The van der Waals surface area contributed by atoms with Crippen LogP contribution in [0.3, 0.4) is 0 Å². The smallest absolute Gasteiger partial charge is 0.408 e. The Hall–Kier alpha value is -5.18. The molecular formula is C46H59N5O9S. The first kappa shape index (κ1) is 43.9. The molecule has 4 aliphatic rings. The number of fused-ring (bicyclic) bond motifs is 1.